The van der Waals surface area contributed by atoms with Gasteiger partial charge in [0.25, 0.3) is 0 Å². The van der Waals surface area contributed by atoms with E-state index in [1.165, 1.54) is 0 Å². The van der Waals surface area contributed by atoms with Gasteiger partial charge in [0.2, 0.25) is 17.6 Å². The highest BCUT2D eigenvalue weighted by molar-refractivity contribution is 5.90. The highest BCUT2D eigenvalue weighted by Crippen LogP contribution is 2.33. The smallest absolute Gasteiger partial charge is 0.233 e. The van der Waals surface area contributed by atoms with Crippen LogP contribution in [0.15, 0.2) is 29.0 Å². The summed E-state index contributed by atoms with van der Waals surface area (Å²) >= 11 is 0. The molecule has 0 spiro atoms. The van der Waals surface area contributed by atoms with Crippen molar-refractivity contribution >= 4 is 16.8 Å². The van der Waals surface area contributed by atoms with Crippen molar-refractivity contribution in [1.82, 2.24) is 25.4 Å². The quantitative estimate of drug-likeness (QED) is 0.751. The first-order chi connectivity index (χ1) is 10.7. The Morgan fingerprint density at radius 3 is 3.14 bits per heavy atom. The van der Waals surface area contributed by atoms with Crippen molar-refractivity contribution in [3.63, 3.8) is 0 Å². The standard InChI is InChI=1S/C15H15N5O2/c1-15(4-7-17-11(21)8-15)14-19-13(20-22-14)12-9-2-5-16-10(9)3-6-18-12/h2-3,5-6,16H,4,7-8H2,1H3,(H,17,21). The zero-order chi connectivity index (χ0) is 15.2. The molecule has 0 saturated carbocycles. The van der Waals surface area contributed by atoms with E-state index in [4.69, 9.17) is 4.52 Å². The highest BCUT2D eigenvalue weighted by Gasteiger charge is 2.38. The van der Waals surface area contributed by atoms with Crippen molar-refractivity contribution < 1.29 is 9.32 Å². The molecular weight excluding hydrogens is 282 g/mol. The van der Waals surface area contributed by atoms with E-state index in [0.29, 0.717) is 30.4 Å². The van der Waals surface area contributed by atoms with Crippen LogP contribution in [0.4, 0.5) is 0 Å². The van der Waals surface area contributed by atoms with Crippen LogP contribution in [0.1, 0.15) is 25.7 Å². The number of hydrogen-bond acceptors (Lipinski definition) is 5. The maximum atomic E-state index is 11.7. The first-order valence-corrected chi connectivity index (χ1v) is 7.19. The summed E-state index contributed by atoms with van der Waals surface area (Å²) in [5.41, 5.74) is 1.23. The average Bonchev–Trinajstić information content (AvgIpc) is 3.16. The van der Waals surface area contributed by atoms with Gasteiger partial charge < -0.3 is 14.8 Å². The Bertz CT molecular complexity index is 852. The second-order valence-electron chi connectivity index (χ2n) is 5.86. The van der Waals surface area contributed by atoms with E-state index < -0.39 is 5.41 Å². The molecule has 1 saturated heterocycles. The molecule has 7 nitrogen and oxygen atoms in total. The number of amides is 1. The molecular formula is C15H15N5O2. The summed E-state index contributed by atoms with van der Waals surface area (Å²) in [5.74, 6) is 0.957. The van der Waals surface area contributed by atoms with Gasteiger partial charge in [-0.3, -0.25) is 9.78 Å². The minimum atomic E-state index is -0.417. The summed E-state index contributed by atoms with van der Waals surface area (Å²) in [6, 6.07) is 3.83. The molecule has 112 valence electrons. The molecule has 4 rings (SSSR count). The number of aromatic nitrogens is 4. The van der Waals surface area contributed by atoms with E-state index in [-0.39, 0.29) is 5.91 Å². The molecule has 0 bridgehead atoms. The second-order valence-corrected chi connectivity index (χ2v) is 5.86. The van der Waals surface area contributed by atoms with Crippen molar-refractivity contribution in [1.29, 1.82) is 0 Å². The summed E-state index contributed by atoms with van der Waals surface area (Å²) in [6.45, 7) is 2.60. The molecule has 1 aliphatic rings. The van der Waals surface area contributed by atoms with Crippen LogP contribution in [0.3, 0.4) is 0 Å². The van der Waals surface area contributed by atoms with Crippen molar-refractivity contribution in [3.8, 4) is 11.5 Å². The monoisotopic (exact) mass is 297 g/mol. The number of piperidine rings is 1. The number of fused-ring (bicyclic) bond motifs is 1. The number of carbonyl (C=O) groups excluding carboxylic acids is 1. The van der Waals surface area contributed by atoms with Crippen molar-refractivity contribution in [3.05, 3.63) is 30.4 Å². The van der Waals surface area contributed by atoms with Crippen LogP contribution in [0.2, 0.25) is 0 Å². The zero-order valence-corrected chi connectivity index (χ0v) is 12.1. The van der Waals surface area contributed by atoms with Crippen molar-refractivity contribution in [2.45, 2.75) is 25.2 Å². The second kappa shape index (κ2) is 4.66. The number of nitrogens with one attached hydrogen (secondary N) is 2. The fourth-order valence-electron chi connectivity index (χ4n) is 2.89. The first-order valence-electron chi connectivity index (χ1n) is 7.19. The molecule has 4 heterocycles. The Kier molecular flexibility index (Phi) is 2.75. The van der Waals surface area contributed by atoms with Gasteiger partial charge in [-0.05, 0) is 18.6 Å². The maximum absolute atomic E-state index is 11.7. The number of nitrogens with zero attached hydrogens (tertiary/aromatic N) is 3. The van der Waals surface area contributed by atoms with Crippen LogP contribution in [0.5, 0.6) is 0 Å². The minimum Gasteiger partial charge on any atom is -0.361 e. The Hall–Kier alpha value is -2.70. The third-order valence-electron chi connectivity index (χ3n) is 4.18. The minimum absolute atomic E-state index is 0.0133. The molecule has 3 aromatic heterocycles. The van der Waals surface area contributed by atoms with Crippen LogP contribution < -0.4 is 5.32 Å². The van der Waals surface area contributed by atoms with Gasteiger partial charge in [-0.25, -0.2) is 0 Å². The Morgan fingerprint density at radius 1 is 1.36 bits per heavy atom. The van der Waals surface area contributed by atoms with Crippen molar-refractivity contribution in [2.75, 3.05) is 6.54 Å². The summed E-state index contributed by atoms with van der Waals surface area (Å²) in [7, 11) is 0. The molecule has 0 radical (unpaired) electrons. The summed E-state index contributed by atoms with van der Waals surface area (Å²) in [5, 5.41) is 7.83. The van der Waals surface area contributed by atoms with Gasteiger partial charge in [0.1, 0.15) is 5.69 Å². The lowest BCUT2D eigenvalue weighted by atomic mass is 9.80. The van der Waals surface area contributed by atoms with E-state index >= 15 is 0 Å². The fraction of sp³-hybridized carbons (Fsp3) is 0.333. The van der Waals surface area contributed by atoms with Crippen molar-refractivity contribution in [2.24, 2.45) is 0 Å². The topological polar surface area (TPSA) is 96.7 Å². The molecule has 1 atom stereocenters. The van der Waals surface area contributed by atoms with Crippen LogP contribution in [0.25, 0.3) is 22.4 Å². The highest BCUT2D eigenvalue weighted by atomic mass is 16.5. The van der Waals surface area contributed by atoms with Crippen LogP contribution in [0, 0.1) is 0 Å². The lowest BCUT2D eigenvalue weighted by molar-refractivity contribution is -0.124. The van der Waals surface area contributed by atoms with Gasteiger partial charge in [-0.15, -0.1) is 0 Å². The SMILES string of the molecule is CC1(c2nc(-c3nccc4[nH]ccc34)no2)CCNC(=O)C1. The number of H-pyrrole nitrogens is 1. The predicted octanol–water partition coefficient (Wildman–Crippen LogP) is 1.78. The molecule has 3 aromatic rings. The van der Waals surface area contributed by atoms with E-state index in [2.05, 4.69) is 25.4 Å². The Labute approximate surface area is 126 Å². The predicted molar refractivity (Wildman–Crippen MR) is 79.0 cm³/mol. The zero-order valence-electron chi connectivity index (χ0n) is 12.1. The third kappa shape index (κ3) is 1.97. The molecule has 0 aromatic carbocycles. The molecule has 1 aliphatic heterocycles. The number of rotatable bonds is 2. The summed E-state index contributed by atoms with van der Waals surface area (Å²) in [4.78, 5) is 23.7. The Morgan fingerprint density at radius 2 is 2.27 bits per heavy atom. The molecule has 7 heteroatoms. The van der Waals surface area contributed by atoms with E-state index in [1.807, 2.05) is 25.3 Å². The van der Waals surface area contributed by atoms with E-state index in [1.54, 1.807) is 6.20 Å². The van der Waals surface area contributed by atoms with E-state index in [0.717, 1.165) is 17.3 Å². The third-order valence-corrected chi connectivity index (χ3v) is 4.18. The van der Waals surface area contributed by atoms with Gasteiger partial charge >= 0.3 is 0 Å². The van der Waals surface area contributed by atoms with Crippen LogP contribution in [-0.2, 0) is 10.2 Å². The van der Waals surface area contributed by atoms with Crippen LogP contribution >= 0.6 is 0 Å². The van der Waals surface area contributed by atoms with Gasteiger partial charge in [0.15, 0.2) is 0 Å². The molecule has 2 N–H and O–H groups in total. The largest absolute Gasteiger partial charge is 0.361 e. The number of pyridine rings is 1. The first kappa shape index (κ1) is 13.0. The molecule has 1 amide bonds. The molecule has 1 unspecified atom stereocenters. The summed E-state index contributed by atoms with van der Waals surface area (Å²) in [6.07, 6.45) is 4.70. The number of hydrogen-bond donors (Lipinski definition) is 2. The lowest BCUT2D eigenvalue weighted by Crippen LogP contribution is -2.41. The van der Waals surface area contributed by atoms with Gasteiger partial charge in [-0.1, -0.05) is 12.1 Å². The number of aromatic amines is 1. The average molecular weight is 297 g/mol. The maximum Gasteiger partial charge on any atom is 0.233 e. The van der Waals surface area contributed by atoms with Gasteiger partial charge in [0, 0.05) is 36.3 Å². The Balaban J connectivity index is 1.75. The van der Waals surface area contributed by atoms with Crippen LogP contribution in [-0.4, -0.2) is 32.6 Å². The van der Waals surface area contributed by atoms with Gasteiger partial charge in [0.05, 0.1) is 5.41 Å². The molecule has 1 fully saturated rings. The van der Waals surface area contributed by atoms with E-state index in [9.17, 15) is 4.79 Å². The molecule has 0 aliphatic carbocycles. The fourth-order valence-corrected chi connectivity index (χ4v) is 2.89. The lowest BCUT2D eigenvalue weighted by Gasteiger charge is -2.29. The normalized spacial score (nSPS) is 22.0. The van der Waals surface area contributed by atoms with Gasteiger partial charge in [-0.2, -0.15) is 4.98 Å². The number of carbonyl (C=O) groups is 1. The summed E-state index contributed by atoms with van der Waals surface area (Å²) < 4.78 is 5.44. The molecule has 22 heavy (non-hydrogen) atoms.